The number of carbonyl (C=O) groups is 1. The fourth-order valence-corrected chi connectivity index (χ4v) is 2.40. The van der Waals surface area contributed by atoms with Crippen LogP contribution in [0.1, 0.15) is 38.2 Å². The maximum Gasteiger partial charge on any atom is 0.193 e. The largest absolute Gasteiger partial charge is 0.496 e. The third-order valence-electron chi connectivity index (χ3n) is 3.84. The number of ether oxygens (including phenoxy) is 1. The third kappa shape index (κ3) is 2.46. The summed E-state index contributed by atoms with van der Waals surface area (Å²) < 4.78 is 5.30. The third-order valence-corrected chi connectivity index (χ3v) is 3.84. The second-order valence-corrected chi connectivity index (χ2v) is 5.21. The van der Waals surface area contributed by atoms with Gasteiger partial charge in [-0.25, -0.2) is 0 Å². The number of rotatable bonds is 3. The molecule has 0 atom stereocenters. The van der Waals surface area contributed by atoms with Crippen LogP contribution in [0.15, 0.2) is 30.3 Å². The van der Waals surface area contributed by atoms with Gasteiger partial charge >= 0.3 is 0 Å². The van der Waals surface area contributed by atoms with Crippen molar-refractivity contribution < 1.29 is 9.53 Å². The quantitative estimate of drug-likeness (QED) is 0.781. The van der Waals surface area contributed by atoms with Crippen molar-refractivity contribution in [1.82, 2.24) is 0 Å². The number of ketones is 1. The molecule has 2 aromatic carbocycles. The minimum Gasteiger partial charge on any atom is -0.496 e. The summed E-state index contributed by atoms with van der Waals surface area (Å²) in [5.74, 6) is 0.898. The lowest BCUT2D eigenvalue weighted by Crippen LogP contribution is -2.07. The van der Waals surface area contributed by atoms with E-state index in [1.807, 2.05) is 58.0 Å². The molecule has 0 bridgehead atoms. The summed E-state index contributed by atoms with van der Waals surface area (Å²) in [7, 11) is 1.65. The van der Waals surface area contributed by atoms with Crippen LogP contribution in [-0.2, 0) is 0 Å². The second kappa shape index (κ2) is 5.49. The molecule has 2 aromatic rings. The summed E-state index contributed by atoms with van der Waals surface area (Å²) in [6.45, 7) is 7.92. The van der Waals surface area contributed by atoms with E-state index in [0.717, 1.165) is 39.1 Å². The molecule has 0 saturated heterocycles. The SMILES string of the molecule is COc1cc(C)c(C(=O)c2cccc(C)c2C)cc1C. The van der Waals surface area contributed by atoms with Gasteiger partial charge in [-0.15, -0.1) is 0 Å². The smallest absolute Gasteiger partial charge is 0.193 e. The Balaban J connectivity index is 2.54. The zero-order valence-corrected chi connectivity index (χ0v) is 12.7. The fourth-order valence-electron chi connectivity index (χ4n) is 2.40. The highest BCUT2D eigenvalue weighted by Gasteiger charge is 2.16. The van der Waals surface area contributed by atoms with Crippen LogP contribution in [-0.4, -0.2) is 12.9 Å². The van der Waals surface area contributed by atoms with Gasteiger partial charge in [0.2, 0.25) is 0 Å². The van der Waals surface area contributed by atoms with Crippen LogP contribution >= 0.6 is 0 Å². The predicted molar refractivity (Wildman–Crippen MR) is 81.8 cm³/mol. The maximum atomic E-state index is 12.8. The van der Waals surface area contributed by atoms with Crippen LogP contribution < -0.4 is 4.74 Å². The highest BCUT2D eigenvalue weighted by molar-refractivity contribution is 6.11. The average Bonchev–Trinajstić information content (AvgIpc) is 2.43. The minimum absolute atomic E-state index is 0.0782. The van der Waals surface area contributed by atoms with Gasteiger partial charge in [0.25, 0.3) is 0 Å². The van der Waals surface area contributed by atoms with E-state index in [-0.39, 0.29) is 5.78 Å². The monoisotopic (exact) mass is 268 g/mol. The molecule has 2 heteroatoms. The molecule has 0 aliphatic heterocycles. The van der Waals surface area contributed by atoms with Crippen LogP contribution in [0.25, 0.3) is 0 Å². The molecule has 0 unspecified atom stereocenters. The molecule has 0 saturated carbocycles. The van der Waals surface area contributed by atoms with E-state index in [0.29, 0.717) is 0 Å². The molecule has 0 aliphatic rings. The summed E-state index contributed by atoms with van der Waals surface area (Å²) in [5.41, 5.74) is 5.63. The predicted octanol–water partition coefficient (Wildman–Crippen LogP) is 4.16. The van der Waals surface area contributed by atoms with Crippen LogP contribution in [0.5, 0.6) is 5.75 Å². The number of hydrogen-bond acceptors (Lipinski definition) is 2. The molecule has 0 spiro atoms. The van der Waals surface area contributed by atoms with Gasteiger partial charge in [0.05, 0.1) is 7.11 Å². The van der Waals surface area contributed by atoms with Crippen LogP contribution in [0.4, 0.5) is 0 Å². The summed E-state index contributed by atoms with van der Waals surface area (Å²) in [6, 6.07) is 9.69. The van der Waals surface area contributed by atoms with Gasteiger partial charge in [-0.05, 0) is 62.1 Å². The van der Waals surface area contributed by atoms with Crippen molar-refractivity contribution in [3.05, 3.63) is 63.7 Å². The standard InChI is InChI=1S/C18H20O2/c1-11-7-6-8-15(14(11)4)18(19)16-9-13(3)17(20-5)10-12(16)2/h6-10H,1-5H3. The van der Waals surface area contributed by atoms with E-state index in [4.69, 9.17) is 4.74 Å². The van der Waals surface area contributed by atoms with Gasteiger partial charge in [0.1, 0.15) is 5.75 Å². The number of benzene rings is 2. The first kappa shape index (κ1) is 14.3. The van der Waals surface area contributed by atoms with Crippen molar-refractivity contribution in [3.63, 3.8) is 0 Å². The lowest BCUT2D eigenvalue weighted by atomic mass is 9.93. The van der Waals surface area contributed by atoms with Crippen molar-refractivity contribution in [2.75, 3.05) is 7.11 Å². The van der Waals surface area contributed by atoms with Gasteiger partial charge in [0, 0.05) is 11.1 Å². The summed E-state index contributed by atoms with van der Waals surface area (Å²) in [4.78, 5) is 12.8. The zero-order valence-electron chi connectivity index (χ0n) is 12.7. The van der Waals surface area contributed by atoms with E-state index in [9.17, 15) is 4.79 Å². The molecule has 0 N–H and O–H groups in total. The minimum atomic E-state index is 0.0782. The molecule has 0 radical (unpaired) electrons. The van der Waals surface area contributed by atoms with Crippen molar-refractivity contribution in [1.29, 1.82) is 0 Å². The molecular formula is C18H20O2. The van der Waals surface area contributed by atoms with E-state index >= 15 is 0 Å². The Hall–Kier alpha value is -2.09. The number of hydrogen-bond donors (Lipinski definition) is 0. The van der Waals surface area contributed by atoms with Gasteiger partial charge in [-0.3, -0.25) is 4.79 Å². The second-order valence-electron chi connectivity index (χ2n) is 5.21. The van der Waals surface area contributed by atoms with Crippen LogP contribution in [0, 0.1) is 27.7 Å². The Morgan fingerprint density at radius 1 is 0.900 bits per heavy atom. The first-order valence-electron chi connectivity index (χ1n) is 6.72. The highest BCUT2D eigenvalue weighted by atomic mass is 16.5. The molecule has 0 aliphatic carbocycles. The fraction of sp³-hybridized carbons (Fsp3) is 0.278. The topological polar surface area (TPSA) is 26.3 Å². The molecule has 0 aromatic heterocycles. The molecule has 2 rings (SSSR count). The number of aryl methyl sites for hydroxylation is 3. The Labute approximate surface area is 120 Å². The Kier molecular flexibility index (Phi) is 3.93. The molecule has 2 nitrogen and oxygen atoms in total. The Morgan fingerprint density at radius 3 is 2.25 bits per heavy atom. The van der Waals surface area contributed by atoms with Crippen LogP contribution in [0.2, 0.25) is 0 Å². The normalized spacial score (nSPS) is 10.4. The molecule has 104 valence electrons. The Bertz CT molecular complexity index is 669. The van der Waals surface area contributed by atoms with Crippen LogP contribution in [0.3, 0.4) is 0 Å². The van der Waals surface area contributed by atoms with Gasteiger partial charge in [0.15, 0.2) is 5.78 Å². The molecule has 0 fully saturated rings. The lowest BCUT2D eigenvalue weighted by molar-refractivity contribution is 0.103. The summed E-state index contributed by atoms with van der Waals surface area (Å²) >= 11 is 0. The lowest BCUT2D eigenvalue weighted by Gasteiger charge is -2.12. The van der Waals surface area contributed by atoms with E-state index in [2.05, 4.69) is 0 Å². The van der Waals surface area contributed by atoms with Crippen molar-refractivity contribution in [3.8, 4) is 5.75 Å². The highest BCUT2D eigenvalue weighted by Crippen LogP contribution is 2.25. The van der Waals surface area contributed by atoms with Gasteiger partial charge in [-0.2, -0.15) is 0 Å². The van der Waals surface area contributed by atoms with Crippen molar-refractivity contribution in [2.45, 2.75) is 27.7 Å². The average molecular weight is 268 g/mol. The zero-order chi connectivity index (χ0) is 14.9. The van der Waals surface area contributed by atoms with Gasteiger partial charge < -0.3 is 4.74 Å². The summed E-state index contributed by atoms with van der Waals surface area (Å²) in [6.07, 6.45) is 0. The molecule has 0 amide bonds. The van der Waals surface area contributed by atoms with E-state index in [1.165, 1.54) is 0 Å². The molecule has 20 heavy (non-hydrogen) atoms. The van der Waals surface area contributed by atoms with Gasteiger partial charge in [-0.1, -0.05) is 18.2 Å². The van der Waals surface area contributed by atoms with E-state index in [1.54, 1.807) is 7.11 Å². The van der Waals surface area contributed by atoms with Crippen molar-refractivity contribution >= 4 is 5.78 Å². The number of methoxy groups -OCH3 is 1. The molecular weight excluding hydrogens is 248 g/mol. The van der Waals surface area contributed by atoms with E-state index < -0.39 is 0 Å². The molecule has 0 heterocycles. The summed E-state index contributed by atoms with van der Waals surface area (Å²) in [5, 5.41) is 0. The number of carbonyl (C=O) groups excluding carboxylic acids is 1. The first-order valence-corrected chi connectivity index (χ1v) is 6.72. The van der Waals surface area contributed by atoms with Crippen molar-refractivity contribution in [2.24, 2.45) is 0 Å². The first-order chi connectivity index (χ1) is 9.45. The maximum absolute atomic E-state index is 12.8. The Morgan fingerprint density at radius 2 is 1.60 bits per heavy atom.